The standard InChI is InChI=1S/C24H34FN5O/c1-2-26-24(27-12-10-18-15-28-22-14-19(25)8-9-21(18)22)29-20-11-13-30(16-20)23(31)17-6-4-3-5-7-17/h8-9,14-15,17,20,28H,2-7,10-13,16H2,1H3,(H2,26,27,29). The number of hydrogen-bond donors (Lipinski definition) is 3. The summed E-state index contributed by atoms with van der Waals surface area (Å²) < 4.78 is 13.4. The molecule has 0 spiro atoms. The van der Waals surface area contributed by atoms with Gasteiger partial charge in [-0.15, -0.1) is 0 Å². The van der Waals surface area contributed by atoms with Gasteiger partial charge in [0, 0.05) is 55.2 Å². The van der Waals surface area contributed by atoms with Gasteiger partial charge in [-0.1, -0.05) is 19.3 Å². The van der Waals surface area contributed by atoms with E-state index in [4.69, 9.17) is 4.99 Å². The highest BCUT2D eigenvalue weighted by Gasteiger charge is 2.31. The lowest BCUT2D eigenvalue weighted by Crippen LogP contribution is -2.45. The smallest absolute Gasteiger partial charge is 0.225 e. The molecule has 1 saturated heterocycles. The maximum Gasteiger partial charge on any atom is 0.225 e. The number of aromatic amines is 1. The van der Waals surface area contributed by atoms with Gasteiger partial charge in [0.05, 0.1) is 0 Å². The number of guanidine groups is 1. The highest BCUT2D eigenvalue weighted by atomic mass is 19.1. The maximum atomic E-state index is 13.4. The molecular weight excluding hydrogens is 393 g/mol. The normalized spacial score (nSPS) is 20.4. The van der Waals surface area contributed by atoms with Crippen molar-refractivity contribution in [2.45, 2.75) is 57.9 Å². The number of halogens is 1. The number of aliphatic imine (C=N–C) groups is 1. The van der Waals surface area contributed by atoms with Crippen molar-refractivity contribution in [1.29, 1.82) is 0 Å². The van der Waals surface area contributed by atoms with E-state index in [1.807, 2.05) is 17.2 Å². The van der Waals surface area contributed by atoms with Gasteiger partial charge in [0.2, 0.25) is 5.91 Å². The molecule has 1 aliphatic heterocycles. The van der Waals surface area contributed by atoms with Gasteiger partial charge in [-0.25, -0.2) is 4.39 Å². The molecule has 6 nitrogen and oxygen atoms in total. The van der Waals surface area contributed by atoms with Gasteiger partial charge in [0.1, 0.15) is 5.82 Å². The van der Waals surface area contributed by atoms with Crippen LogP contribution in [0.2, 0.25) is 0 Å². The number of carbonyl (C=O) groups is 1. The predicted molar refractivity (Wildman–Crippen MR) is 123 cm³/mol. The molecule has 1 amide bonds. The van der Waals surface area contributed by atoms with Crippen LogP contribution in [-0.4, -0.2) is 54.0 Å². The van der Waals surface area contributed by atoms with Crippen molar-refractivity contribution in [3.8, 4) is 0 Å². The maximum absolute atomic E-state index is 13.4. The third kappa shape index (κ3) is 5.38. The molecule has 1 unspecified atom stereocenters. The second kappa shape index (κ2) is 10.2. The van der Waals surface area contributed by atoms with Crippen LogP contribution in [0.1, 0.15) is 51.0 Å². The molecule has 2 aromatic rings. The molecule has 2 fully saturated rings. The lowest BCUT2D eigenvalue weighted by atomic mass is 9.88. The summed E-state index contributed by atoms with van der Waals surface area (Å²) in [6.45, 7) is 5.07. The Bertz CT molecular complexity index is 918. The van der Waals surface area contributed by atoms with Crippen molar-refractivity contribution in [1.82, 2.24) is 20.5 Å². The summed E-state index contributed by atoms with van der Waals surface area (Å²) in [5.74, 6) is 1.15. The van der Waals surface area contributed by atoms with Gasteiger partial charge in [-0.3, -0.25) is 9.79 Å². The molecule has 7 heteroatoms. The third-order valence-electron chi connectivity index (χ3n) is 6.52. The summed E-state index contributed by atoms with van der Waals surface area (Å²) >= 11 is 0. The minimum atomic E-state index is -0.231. The first kappa shape index (κ1) is 21.7. The van der Waals surface area contributed by atoms with Crippen LogP contribution in [0.25, 0.3) is 10.9 Å². The van der Waals surface area contributed by atoms with E-state index in [0.29, 0.717) is 12.5 Å². The zero-order valence-electron chi connectivity index (χ0n) is 18.4. The quantitative estimate of drug-likeness (QED) is 0.487. The average molecular weight is 428 g/mol. The molecule has 1 aromatic heterocycles. The SMILES string of the molecule is CCNC(=NCCc1c[nH]c2cc(F)ccc12)NC1CCN(C(=O)C2CCCCC2)C1. The van der Waals surface area contributed by atoms with Gasteiger partial charge in [-0.2, -0.15) is 0 Å². The Kier molecular flexibility index (Phi) is 7.10. The van der Waals surface area contributed by atoms with Gasteiger partial charge in [0.15, 0.2) is 5.96 Å². The number of nitrogens with zero attached hydrogens (tertiary/aromatic N) is 2. The molecule has 31 heavy (non-hydrogen) atoms. The number of fused-ring (bicyclic) bond motifs is 1. The van der Waals surface area contributed by atoms with Crippen molar-refractivity contribution in [2.75, 3.05) is 26.2 Å². The molecule has 2 aliphatic rings. The van der Waals surface area contributed by atoms with E-state index >= 15 is 0 Å². The first-order chi connectivity index (χ1) is 15.1. The predicted octanol–water partition coefficient (Wildman–Crippen LogP) is 3.59. The molecule has 1 aromatic carbocycles. The van der Waals surface area contributed by atoms with Crippen molar-refractivity contribution < 1.29 is 9.18 Å². The van der Waals surface area contributed by atoms with Crippen LogP contribution in [0.15, 0.2) is 29.4 Å². The molecule has 1 saturated carbocycles. The summed E-state index contributed by atoms with van der Waals surface area (Å²) in [5.41, 5.74) is 1.96. The van der Waals surface area contributed by atoms with E-state index in [-0.39, 0.29) is 17.8 Å². The number of amides is 1. The second-order valence-electron chi connectivity index (χ2n) is 8.76. The van der Waals surface area contributed by atoms with Crippen LogP contribution >= 0.6 is 0 Å². The fourth-order valence-corrected chi connectivity index (χ4v) is 4.85. The number of H-pyrrole nitrogens is 1. The van der Waals surface area contributed by atoms with Crippen molar-refractivity contribution in [2.24, 2.45) is 10.9 Å². The van der Waals surface area contributed by atoms with Crippen molar-refractivity contribution >= 4 is 22.8 Å². The largest absolute Gasteiger partial charge is 0.361 e. The lowest BCUT2D eigenvalue weighted by Gasteiger charge is -2.26. The monoisotopic (exact) mass is 427 g/mol. The Morgan fingerprint density at radius 3 is 2.90 bits per heavy atom. The number of benzene rings is 1. The van der Waals surface area contributed by atoms with Gasteiger partial charge in [-0.05, 0) is 56.4 Å². The Balaban J connectivity index is 1.31. The summed E-state index contributed by atoms with van der Waals surface area (Å²) in [5, 5.41) is 7.88. The van der Waals surface area contributed by atoms with Gasteiger partial charge in [0.25, 0.3) is 0 Å². The highest BCUT2D eigenvalue weighted by Crippen LogP contribution is 2.27. The van der Waals surface area contributed by atoms with Crippen LogP contribution in [-0.2, 0) is 11.2 Å². The Morgan fingerprint density at radius 1 is 1.26 bits per heavy atom. The molecule has 1 atom stereocenters. The number of hydrogen-bond acceptors (Lipinski definition) is 2. The zero-order valence-corrected chi connectivity index (χ0v) is 18.4. The summed E-state index contributed by atoms with van der Waals surface area (Å²) in [6.07, 6.45) is 9.42. The molecule has 0 radical (unpaired) electrons. The van der Waals surface area contributed by atoms with Gasteiger partial charge >= 0.3 is 0 Å². The number of nitrogens with one attached hydrogen (secondary N) is 3. The van der Waals surface area contributed by atoms with Crippen molar-refractivity contribution in [3.05, 3.63) is 35.8 Å². The number of rotatable bonds is 6. The van der Waals surface area contributed by atoms with Crippen molar-refractivity contribution in [3.63, 3.8) is 0 Å². The molecule has 4 rings (SSSR count). The minimum Gasteiger partial charge on any atom is -0.361 e. The fraction of sp³-hybridized carbons (Fsp3) is 0.583. The molecular formula is C24H34FN5O. The first-order valence-electron chi connectivity index (χ1n) is 11.7. The number of carbonyl (C=O) groups excluding carboxylic acids is 1. The van der Waals surface area contributed by atoms with E-state index in [2.05, 4.69) is 22.5 Å². The van der Waals surface area contributed by atoms with Crippen LogP contribution in [0.3, 0.4) is 0 Å². The minimum absolute atomic E-state index is 0.231. The zero-order chi connectivity index (χ0) is 21.6. The van der Waals surface area contributed by atoms with E-state index in [0.717, 1.165) is 67.7 Å². The van der Waals surface area contributed by atoms with E-state index in [1.54, 1.807) is 0 Å². The van der Waals surface area contributed by atoms with Crippen LogP contribution in [0.4, 0.5) is 4.39 Å². The highest BCUT2D eigenvalue weighted by molar-refractivity contribution is 5.83. The molecule has 1 aliphatic carbocycles. The lowest BCUT2D eigenvalue weighted by molar-refractivity contribution is -0.135. The summed E-state index contributed by atoms with van der Waals surface area (Å²) in [4.78, 5) is 22.7. The van der Waals surface area contributed by atoms with Crippen LogP contribution < -0.4 is 10.6 Å². The summed E-state index contributed by atoms with van der Waals surface area (Å²) in [6, 6.07) is 5.07. The van der Waals surface area contributed by atoms with Crippen LogP contribution in [0.5, 0.6) is 0 Å². The molecule has 0 bridgehead atoms. The third-order valence-corrected chi connectivity index (χ3v) is 6.52. The topological polar surface area (TPSA) is 72.5 Å². The first-order valence-corrected chi connectivity index (χ1v) is 11.7. The second-order valence-corrected chi connectivity index (χ2v) is 8.76. The van der Waals surface area contributed by atoms with Crippen LogP contribution in [0, 0.1) is 11.7 Å². The molecule has 168 valence electrons. The number of likely N-dealkylation sites (tertiary alicyclic amines) is 1. The van der Waals surface area contributed by atoms with Gasteiger partial charge < -0.3 is 20.5 Å². The fourth-order valence-electron chi connectivity index (χ4n) is 4.85. The molecule has 3 N–H and O–H groups in total. The summed E-state index contributed by atoms with van der Waals surface area (Å²) in [7, 11) is 0. The Labute approximate surface area is 183 Å². The van der Waals surface area contributed by atoms with E-state index < -0.39 is 0 Å². The molecule has 2 heterocycles. The Morgan fingerprint density at radius 2 is 2.10 bits per heavy atom. The van der Waals surface area contributed by atoms with E-state index in [1.165, 1.54) is 31.4 Å². The van der Waals surface area contributed by atoms with E-state index in [9.17, 15) is 9.18 Å². The average Bonchev–Trinajstić information content (AvgIpc) is 3.41. The Hall–Kier alpha value is -2.57. The number of aromatic nitrogens is 1.